The molecule has 0 radical (unpaired) electrons. The number of likely N-dealkylation sites (N-methyl/N-ethyl adjacent to an activating group) is 1. The highest BCUT2D eigenvalue weighted by atomic mass is 16.1. The Morgan fingerprint density at radius 2 is 2.10 bits per heavy atom. The average Bonchev–Trinajstić information content (AvgIpc) is 2.80. The summed E-state index contributed by atoms with van der Waals surface area (Å²) in [5, 5.41) is 3.35. The van der Waals surface area contributed by atoms with Crippen LogP contribution in [0.25, 0.3) is 0 Å². The van der Waals surface area contributed by atoms with Crippen LogP contribution in [0.4, 0.5) is 0 Å². The molecule has 0 aromatic heterocycles. The Bertz CT molecular complexity index is 306. The summed E-state index contributed by atoms with van der Waals surface area (Å²) in [6.07, 6.45) is 6.58. The highest BCUT2D eigenvalue weighted by Crippen LogP contribution is 2.34. The fraction of sp³-hybridized carbons (Fsp3) is 0.938. The zero-order chi connectivity index (χ0) is 15.2. The van der Waals surface area contributed by atoms with Gasteiger partial charge in [-0.25, -0.2) is 0 Å². The van der Waals surface area contributed by atoms with Gasteiger partial charge in [-0.1, -0.05) is 26.7 Å². The van der Waals surface area contributed by atoms with Crippen molar-refractivity contribution in [2.45, 2.75) is 83.8 Å². The summed E-state index contributed by atoms with van der Waals surface area (Å²) in [5.74, 6) is -0.181. The summed E-state index contributed by atoms with van der Waals surface area (Å²) in [6, 6.07) is 1.01. The summed E-state index contributed by atoms with van der Waals surface area (Å²) in [7, 11) is 0. The van der Waals surface area contributed by atoms with Gasteiger partial charge < -0.3 is 11.1 Å². The molecule has 4 nitrogen and oxygen atoms in total. The average molecular weight is 283 g/mol. The van der Waals surface area contributed by atoms with E-state index in [2.05, 4.69) is 31.0 Å². The molecule has 1 aliphatic carbocycles. The Labute approximate surface area is 124 Å². The van der Waals surface area contributed by atoms with Crippen molar-refractivity contribution in [3.63, 3.8) is 0 Å². The predicted octanol–water partition coefficient (Wildman–Crippen LogP) is 2.27. The van der Waals surface area contributed by atoms with Crippen LogP contribution in [-0.4, -0.2) is 41.5 Å². The largest absolute Gasteiger partial charge is 0.368 e. The smallest absolute Gasteiger partial charge is 0.237 e. The van der Waals surface area contributed by atoms with Gasteiger partial charge in [0.2, 0.25) is 5.91 Å². The number of carbonyl (C=O) groups excluding carboxylic acids is 1. The number of amides is 1. The number of nitrogens with zero attached hydrogens (tertiary/aromatic N) is 1. The fourth-order valence-electron chi connectivity index (χ4n) is 3.52. The maximum absolute atomic E-state index is 11.9. The van der Waals surface area contributed by atoms with Crippen LogP contribution in [0, 0.1) is 0 Å². The Kier molecular flexibility index (Phi) is 6.96. The van der Waals surface area contributed by atoms with Gasteiger partial charge in [0, 0.05) is 12.1 Å². The number of hydrogen-bond acceptors (Lipinski definition) is 3. The van der Waals surface area contributed by atoms with Gasteiger partial charge in [-0.15, -0.1) is 0 Å². The molecule has 1 fully saturated rings. The second kappa shape index (κ2) is 7.99. The van der Waals surface area contributed by atoms with E-state index in [9.17, 15) is 4.79 Å². The van der Waals surface area contributed by atoms with Gasteiger partial charge in [-0.2, -0.15) is 0 Å². The first-order valence-corrected chi connectivity index (χ1v) is 8.27. The molecule has 2 unspecified atom stereocenters. The first-order chi connectivity index (χ1) is 9.46. The Morgan fingerprint density at radius 1 is 1.40 bits per heavy atom. The molecule has 0 aliphatic heterocycles. The van der Waals surface area contributed by atoms with Crippen LogP contribution in [0.15, 0.2) is 0 Å². The molecule has 1 amide bonds. The number of primary amides is 1. The van der Waals surface area contributed by atoms with Crippen LogP contribution in [0.3, 0.4) is 0 Å². The van der Waals surface area contributed by atoms with Crippen LogP contribution in [0.5, 0.6) is 0 Å². The van der Waals surface area contributed by atoms with Crippen molar-refractivity contribution in [2.75, 3.05) is 13.1 Å². The normalized spacial score (nSPS) is 26.6. The quantitative estimate of drug-likeness (QED) is 0.638. The molecule has 0 bridgehead atoms. The van der Waals surface area contributed by atoms with Crippen LogP contribution in [0.1, 0.15) is 66.2 Å². The molecule has 0 spiro atoms. The minimum Gasteiger partial charge on any atom is -0.368 e. The SMILES string of the molecule is CCCCCN(C(C)C)C1CCC(NCC)(C(N)=O)C1. The molecule has 118 valence electrons. The number of carbonyl (C=O) groups is 1. The maximum Gasteiger partial charge on any atom is 0.237 e. The molecular formula is C16H33N3O. The van der Waals surface area contributed by atoms with Gasteiger partial charge in [0.1, 0.15) is 0 Å². The molecule has 1 rings (SSSR count). The van der Waals surface area contributed by atoms with Crippen molar-refractivity contribution >= 4 is 5.91 Å². The minimum atomic E-state index is -0.475. The molecule has 0 saturated heterocycles. The third kappa shape index (κ3) is 4.19. The molecule has 0 aromatic rings. The third-order valence-corrected chi connectivity index (χ3v) is 4.63. The van der Waals surface area contributed by atoms with E-state index in [1.165, 1.54) is 19.3 Å². The lowest BCUT2D eigenvalue weighted by molar-refractivity contribution is -0.124. The molecule has 0 aromatic carbocycles. The Morgan fingerprint density at radius 3 is 2.60 bits per heavy atom. The lowest BCUT2D eigenvalue weighted by Gasteiger charge is -2.34. The lowest BCUT2D eigenvalue weighted by atomic mass is 9.96. The summed E-state index contributed by atoms with van der Waals surface area (Å²) >= 11 is 0. The zero-order valence-electron chi connectivity index (χ0n) is 13.7. The van der Waals surface area contributed by atoms with Crippen LogP contribution in [-0.2, 0) is 4.79 Å². The van der Waals surface area contributed by atoms with Crippen LogP contribution < -0.4 is 11.1 Å². The highest BCUT2D eigenvalue weighted by molar-refractivity contribution is 5.85. The van der Waals surface area contributed by atoms with Gasteiger partial charge in [0.25, 0.3) is 0 Å². The molecule has 1 saturated carbocycles. The standard InChI is InChI=1S/C16H33N3O/c1-5-7-8-11-19(13(3)4)14-9-10-16(12-14,15(17)20)18-6-2/h13-14,18H,5-12H2,1-4H3,(H2,17,20). The van der Waals surface area contributed by atoms with Crippen molar-refractivity contribution in [1.82, 2.24) is 10.2 Å². The van der Waals surface area contributed by atoms with E-state index in [0.717, 1.165) is 32.4 Å². The summed E-state index contributed by atoms with van der Waals surface area (Å²) in [6.45, 7) is 10.7. The second-order valence-electron chi connectivity index (χ2n) is 6.41. The summed E-state index contributed by atoms with van der Waals surface area (Å²) in [4.78, 5) is 14.4. The number of rotatable bonds is 9. The third-order valence-electron chi connectivity index (χ3n) is 4.63. The molecule has 4 heteroatoms. The number of nitrogens with two attached hydrogens (primary N) is 1. The molecule has 2 atom stereocenters. The van der Waals surface area contributed by atoms with Crippen molar-refractivity contribution in [1.29, 1.82) is 0 Å². The number of unbranched alkanes of at least 4 members (excludes halogenated alkanes) is 2. The van der Waals surface area contributed by atoms with Crippen LogP contribution >= 0.6 is 0 Å². The lowest BCUT2D eigenvalue weighted by Crippen LogP contribution is -2.54. The summed E-state index contributed by atoms with van der Waals surface area (Å²) < 4.78 is 0. The minimum absolute atomic E-state index is 0.181. The first-order valence-electron chi connectivity index (χ1n) is 8.27. The molecule has 0 heterocycles. The van der Waals surface area contributed by atoms with Gasteiger partial charge in [0.05, 0.1) is 5.54 Å². The Balaban J connectivity index is 2.68. The zero-order valence-corrected chi connectivity index (χ0v) is 13.7. The van der Waals surface area contributed by atoms with Crippen molar-refractivity contribution in [3.8, 4) is 0 Å². The number of hydrogen-bond donors (Lipinski definition) is 2. The van der Waals surface area contributed by atoms with Gasteiger partial charge in [-0.3, -0.25) is 9.69 Å². The van der Waals surface area contributed by atoms with E-state index < -0.39 is 5.54 Å². The van der Waals surface area contributed by atoms with Gasteiger partial charge in [0.15, 0.2) is 0 Å². The van der Waals surface area contributed by atoms with Crippen LogP contribution in [0.2, 0.25) is 0 Å². The van der Waals surface area contributed by atoms with Gasteiger partial charge >= 0.3 is 0 Å². The van der Waals surface area contributed by atoms with E-state index in [-0.39, 0.29) is 5.91 Å². The van der Waals surface area contributed by atoms with Gasteiger partial charge in [-0.05, 0) is 52.6 Å². The maximum atomic E-state index is 11.9. The van der Waals surface area contributed by atoms with E-state index in [1.807, 2.05) is 6.92 Å². The van der Waals surface area contributed by atoms with E-state index >= 15 is 0 Å². The van der Waals surface area contributed by atoms with Crippen molar-refractivity contribution in [2.24, 2.45) is 5.73 Å². The molecule has 1 aliphatic rings. The second-order valence-corrected chi connectivity index (χ2v) is 6.41. The molecular weight excluding hydrogens is 250 g/mol. The van der Waals surface area contributed by atoms with Crippen molar-refractivity contribution < 1.29 is 4.79 Å². The predicted molar refractivity (Wildman–Crippen MR) is 84.6 cm³/mol. The number of nitrogens with one attached hydrogen (secondary N) is 1. The highest BCUT2D eigenvalue weighted by Gasteiger charge is 2.45. The molecule has 3 N–H and O–H groups in total. The first kappa shape index (κ1) is 17.4. The van der Waals surface area contributed by atoms with E-state index in [0.29, 0.717) is 12.1 Å². The van der Waals surface area contributed by atoms with E-state index in [1.54, 1.807) is 0 Å². The topological polar surface area (TPSA) is 58.4 Å². The Hall–Kier alpha value is -0.610. The fourth-order valence-corrected chi connectivity index (χ4v) is 3.52. The monoisotopic (exact) mass is 283 g/mol. The van der Waals surface area contributed by atoms with E-state index in [4.69, 9.17) is 5.73 Å². The molecule has 20 heavy (non-hydrogen) atoms. The summed E-state index contributed by atoms with van der Waals surface area (Å²) in [5.41, 5.74) is 5.18. The van der Waals surface area contributed by atoms with Crippen molar-refractivity contribution in [3.05, 3.63) is 0 Å².